The number of nitrogens with one attached hydrogen (secondary N) is 1. The molecule has 2 unspecified atom stereocenters. The number of piperidine rings is 1. The number of amides is 1. The summed E-state index contributed by atoms with van der Waals surface area (Å²) in [5.74, 6) is 0.442. The van der Waals surface area contributed by atoms with Crippen molar-refractivity contribution in [1.82, 2.24) is 0 Å². The van der Waals surface area contributed by atoms with Gasteiger partial charge in [-0.15, -0.1) is 24.8 Å². The average Bonchev–Trinajstić information content (AvgIpc) is 2.68. The minimum Gasteiger partial charge on any atom is -0.371 e. The summed E-state index contributed by atoms with van der Waals surface area (Å²) in [6, 6.07) is 17.6. The van der Waals surface area contributed by atoms with Crippen molar-refractivity contribution in [2.75, 3.05) is 23.3 Å². The third kappa shape index (κ3) is 6.13. The smallest absolute Gasteiger partial charge is 0.229 e. The second-order valence-corrected chi connectivity index (χ2v) is 7.43. The second kappa shape index (κ2) is 11.3. The van der Waals surface area contributed by atoms with Crippen LogP contribution in [0.3, 0.4) is 0 Å². The number of hydrogen-bond donors (Lipinski definition) is 2. The molecule has 0 aromatic heterocycles. The topological polar surface area (TPSA) is 58.4 Å². The van der Waals surface area contributed by atoms with E-state index in [9.17, 15) is 4.79 Å². The van der Waals surface area contributed by atoms with Crippen LogP contribution in [0.2, 0.25) is 0 Å². The molecule has 1 fully saturated rings. The van der Waals surface area contributed by atoms with Gasteiger partial charge in [0.2, 0.25) is 5.91 Å². The maximum atomic E-state index is 12.7. The fourth-order valence-corrected chi connectivity index (χ4v) is 3.43. The Bertz CT molecular complexity index is 734. The lowest BCUT2D eigenvalue weighted by Crippen LogP contribution is -2.33. The molecular formula is C22H31Cl2N3O. The molecule has 2 atom stereocenters. The van der Waals surface area contributed by atoms with Crippen LogP contribution in [0.5, 0.6) is 0 Å². The number of nitrogens with two attached hydrogens (primary N) is 1. The van der Waals surface area contributed by atoms with E-state index < -0.39 is 0 Å². The summed E-state index contributed by atoms with van der Waals surface area (Å²) in [5, 5.41) is 3.04. The molecule has 0 radical (unpaired) electrons. The van der Waals surface area contributed by atoms with E-state index in [2.05, 4.69) is 29.3 Å². The number of rotatable bonds is 5. The number of carbonyl (C=O) groups is 1. The molecule has 3 rings (SSSR count). The fourth-order valence-electron chi connectivity index (χ4n) is 3.43. The van der Waals surface area contributed by atoms with E-state index in [1.54, 1.807) is 0 Å². The van der Waals surface area contributed by atoms with Crippen LogP contribution in [0.25, 0.3) is 0 Å². The molecule has 6 heteroatoms. The average molecular weight is 424 g/mol. The molecule has 1 aliphatic heterocycles. The molecule has 4 nitrogen and oxygen atoms in total. The predicted molar refractivity (Wildman–Crippen MR) is 123 cm³/mol. The molecule has 1 aliphatic rings. The van der Waals surface area contributed by atoms with Crippen molar-refractivity contribution in [3.05, 3.63) is 60.2 Å². The van der Waals surface area contributed by atoms with Gasteiger partial charge in [-0.1, -0.05) is 50.2 Å². The highest BCUT2D eigenvalue weighted by Gasteiger charge is 2.22. The number of hydrogen-bond acceptors (Lipinski definition) is 3. The summed E-state index contributed by atoms with van der Waals surface area (Å²) in [6.07, 6.45) is 2.44. The molecule has 2 aromatic rings. The lowest BCUT2D eigenvalue weighted by Gasteiger charge is -2.32. The first-order chi connectivity index (χ1) is 12.5. The highest BCUT2D eigenvalue weighted by atomic mass is 35.5. The zero-order valence-electron chi connectivity index (χ0n) is 16.5. The Balaban J connectivity index is 0.00000196. The van der Waals surface area contributed by atoms with Crippen molar-refractivity contribution in [2.24, 2.45) is 17.6 Å². The van der Waals surface area contributed by atoms with Crippen LogP contribution in [-0.4, -0.2) is 19.0 Å². The summed E-state index contributed by atoms with van der Waals surface area (Å²) in [7, 11) is 0. The lowest BCUT2D eigenvalue weighted by molar-refractivity contribution is -0.120. The van der Waals surface area contributed by atoms with Gasteiger partial charge in [0.15, 0.2) is 0 Å². The van der Waals surface area contributed by atoms with Gasteiger partial charge in [0.1, 0.15) is 0 Å². The molecule has 154 valence electrons. The van der Waals surface area contributed by atoms with Crippen LogP contribution in [0, 0.1) is 11.8 Å². The standard InChI is InChI=1S/C22H29N3O.2ClH/c1-16-11-13-25(14-12-16)20-10-6-9-19(15-20)24-22(26)17(2)21(23)18-7-4-3-5-8-18;;/h3-10,15-17,21H,11-14,23H2,1-2H3,(H,24,26);2*1H. The Morgan fingerprint density at radius 3 is 2.36 bits per heavy atom. The molecule has 1 amide bonds. The first-order valence-corrected chi connectivity index (χ1v) is 9.51. The number of anilines is 2. The van der Waals surface area contributed by atoms with E-state index in [4.69, 9.17) is 5.73 Å². The molecule has 3 N–H and O–H groups in total. The zero-order valence-corrected chi connectivity index (χ0v) is 18.1. The number of carbonyl (C=O) groups excluding carboxylic acids is 1. The van der Waals surface area contributed by atoms with E-state index in [-0.39, 0.29) is 42.7 Å². The van der Waals surface area contributed by atoms with Crippen LogP contribution >= 0.6 is 24.8 Å². The molecule has 0 spiro atoms. The van der Waals surface area contributed by atoms with E-state index >= 15 is 0 Å². The SMILES string of the molecule is CC1CCN(c2cccc(NC(=O)C(C)C(N)c3ccccc3)c2)CC1.Cl.Cl. The molecule has 0 saturated carbocycles. The quantitative estimate of drug-likeness (QED) is 0.707. The van der Waals surface area contributed by atoms with E-state index in [0.717, 1.165) is 30.3 Å². The van der Waals surface area contributed by atoms with Crippen LogP contribution in [0.4, 0.5) is 11.4 Å². The third-order valence-electron chi connectivity index (χ3n) is 5.40. The Morgan fingerprint density at radius 2 is 1.71 bits per heavy atom. The Labute approximate surface area is 180 Å². The molecule has 2 aromatic carbocycles. The highest BCUT2D eigenvalue weighted by molar-refractivity contribution is 5.93. The van der Waals surface area contributed by atoms with Gasteiger partial charge in [-0.2, -0.15) is 0 Å². The molecule has 0 bridgehead atoms. The molecule has 1 saturated heterocycles. The van der Waals surface area contributed by atoms with Crippen molar-refractivity contribution in [2.45, 2.75) is 32.7 Å². The summed E-state index contributed by atoms with van der Waals surface area (Å²) in [5.41, 5.74) is 9.27. The first kappa shape index (κ1) is 24.3. The minimum absolute atomic E-state index is 0. The number of nitrogens with zero attached hydrogens (tertiary/aromatic N) is 1. The Morgan fingerprint density at radius 1 is 1.07 bits per heavy atom. The van der Waals surface area contributed by atoms with Gasteiger partial charge in [0, 0.05) is 30.5 Å². The maximum absolute atomic E-state index is 12.7. The third-order valence-corrected chi connectivity index (χ3v) is 5.40. The Kier molecular flexibility index (Phi) is 9.80. The Hall–Kier alpha value is -1.75. The monoisotopic (exact) mass is 423 g/mol. The second-order valence-electron chi connectivity index (χ2n) is 7.43. The van der Waals surface area contributed by atoms with Gasteiger partial charge in [0.25, 0.3) is 0 Å². The van der Waals surface area contributed by atoms with Crippen LogP contribution in [0.15, 0.2) is 54.6 Å². The van der Waals surface area contributed by atoms with Gasteiger partial charge < -0.3 is 16.0 Å². The summed E-state index contributed by atoms with van der Waals surface area (Å²) < 4.78 is 0. The van der Waals surface area contributed by atoms with Crippen molar-refractivity contribution in [1.29, 1.82) is 0 Å². The van der Waals surface area contributed by atoms with Crippen LogP contribution in [-0.2, 0) is 4.79 Å². The van der Waals surface area contributed by atoms with Crippen molar-refractivity contribution >= 4 is 42.1 Å². The van der Waals surface area contributed by atoms with Crippen molar-refractivity contribution in [3.63, 3.8) is 0 Å². The van der Waals surface area contributed by atoms with Gasteiger partial charge in [0.05, 0.1) is 5.92 Å². The van der Waals surface area contributed by atoms with Gasteiger partial charge >= 0.3 is 0 Å². The summed E-state index contributed by atoms with van der Waals surface area (Å²) >= 11 is 0. The maximum Gasteiger partial charge on any atom is 0.229 e. The fraction of sp³-hybridized carbons (Fsp3) is 0.409. The molecular weight excluding hydrogens is 393 g/mol. The van der Waals surface area contributed by atoms with Crippen LogP contribution in [0.1, 0.15) is 38.3 Å². The van der Waals surface area contributed by atoms with E-state index in [0.29, 0.717) is 0 Å². The lowest BCUT2D eigenvalue weighted by atomic mass is 9.94. The normalized spacial score (nSPS) is 16.3. The van der Waals surface area contributed by atoms with Crippen molar-refractivity contribution < 1.29 is 4.79 Å². The summed E-state index contributed by atoms with van der Waals surface area (Å²) in [4.78, 5) is 15.1. The van der Waals surface area contributed by atoms with Gasteiger partial charge in [-0.3, -0.25) is 4.79 Å². The first-order valence-electron chi connectivity index (χ1n) is 9.51. The van der Waals surface area contributed by atoms with Gasteiger partial charge in [-0.05, 0) is 42.5 Å². The predicted octanol–water partition coefficient (Wildman–Crippen LogP) is 5.04. The largest absolute Gasteiger partial charge is 0.371 e. The summed E-state index contributed by atoms with van der Waals surface area (Å²) in [6.45, 7) is 6.34. The zero-order chi connectivity index (χ0) is 18.5. The number of benzene rings is 2. The van der Waals surface area contributed by atoms with E-state index in [1.807, 2.05) is 49.4 Å². The minimum atomic E-state index is -0.317. The van der Waals surface area contributed by atoms with E-state index in [1.165, 1.54) is 18.5 Å². The number of halogens is 2. The van der Waals surface area contributed by atoms with Crippen molar-refractivity contribution in [3.8, 4) is 0 Å². The molecule has 28 heavy (non-hydrogen) atoms. The van der Waals surface area contributed by atoms with Gasteiger partial charge in [-0.25, -0.2) is 0 Å². The highest BCUT2D eigenvalue weighted by Crippen LogP contribution is 2.26. The molecule has 1 heterocycles. The van der Waals surface area contributed by atoms with Crippen LogP contribution < -0.4 is 16.0 Å². The molecule has 0 aliphatic carbocycles.